The highest BCUT2D eigenvalue weighted by Gasteiger charge is 2.26. The predicted molar refractivity (Wildman–Crippen MR) is 119 cm³/mol. The smallest absolute Gasteiger partial charge is 0.230 e. The number of nitrogens with one attached hydrogen (secondary N) is 1. The number of morpholine rings is 1. The lowest BCUT2D eigenvalue weighted by molar-refractivity contribution is -0.118. The quantitative estimate of drug-likeness (QED) is 0.611. The molecule has 1 N–H and O–H groups in total. The number of thioether (sulfide) groups is 1. The van der Waals surface area contributed by atoms with Crippen molar-refractivity contribution in [1.82, 2.24) is 20.3 Å². The third kappa shape index (κ3) is 5.06. The van der Waals surface area contributed by atoms with Gasteiger partial charge in [-0.1, -0.05) is 30.0 Å². The van der Waals surface area contributed by atoms with Crippen LogP contribution in [-0.4, -0.2) is 51.9 Å². The average Bonchev–Trinajstić information content (AvgIpc) is 2.75. The van der Waals surface area contributed by atoms with Crippen molar-refractivity contribution in [1.29, 1.82) is 0 Å². The van der Waals surface area contributed by atoms with Gasteiger partial charge in [-0.3, -0.25) is 9.78 Å². The van der Waals surface area contributed by atoms with Crippen molar-refractivity contribution < 1.29 is 9.53 Å². The van der Waals surface area contributed by atoms with Crippen molar-refractivity contribution >= 4 is 34.5 Å². The molecule has 1 saturated heterocycles. The number of para-hydroxylation sites is 2. The van der Waals surface area contributed by atoms with Crippen molar-refractivity contribution in [2.24, 2.45) is 0 Å². The first-order valence-corrected chi connectivity index (χ1v) is 11.0. The van der Waals surface area contributed by atoms with E-state index in [1.165, 1.54) is 11.8 Å². The highest BCUT2D eigenvalue weighted by molar-refractivity contribution is 8.00. The second-order valence-corrected chi connectivity index (χ2v) is 8.39. The van der Waals surface area contributed by atoms with Crippen LogP contribution in [0.15, 0.2) is 53.8 Å². The maximum Gasteiger partial charge on any atom is 0.230 e. The Morgan fingerprint density at radius 3 is 2.57 bits per heavy atom. The zero-order valence-electron chi connectivity index (χ0n) is 17.1. The molecule has 1 amide bonds. The first kappa shape index (κ1) is 20.6. The molecule has 0 spiro atoms. The Labute approximate surface area is 180 Å². The molecule has 4 rings (SSSR count). The third-order valence-electron chi connectivity index (χ3n) is 4.79. The zero-order valence-corrected chi connectivity index (χ0v) is 17.9. The van der Waals surface area contributed by atoms with Gasteiger partial charge in [0.05, 0.1) is 29.0 Å². The lowest BCUT2D eigenvalue weighted by Gasteiger charge is -2.36. The highest BCUT2D eigenvalue weighted by atomic mass is 32.2. The topological polar surface area (TPSA) is 80.2 Å². The number of benzene rings is 1. The van der Waals surface area contributed by atoms with Crippen molar-refractivity contribution in [3.05, 3.63) is 54.4 Å². The van der Waals surface area contributed by atoms with E-state index in [4.69, 9.17) is 14.7 Å². The van der Waals surface area contributed by atoms with Crippen LogP contribution in [0.2, 0.25) is 0 Å². The summed E-state index contributed by atoms with van der Waals surface area (Å²) in [6.07, 6.45) is 3.69. The van der Waals surface area contributed by atoms with Crippen LogP contribution in [0.4, 0.5) is 5.82 Å². The Kier molecular flexibility index (Phi) is 6.44. The number of carbonyl (C=O) groups is 1. The lowest BCUT2D eigenvalue weighted by Crippen LogP contribution is -2.46. The summed E-state index contributed by atoms with van der Waals surface area (Å²) in [6, 6.07) is 11.6. The summed E-state index contributed by atoms with van der Waals surface area (Å²) >= 11 is 1.42. The molecule has 1 aliphatic rings. The van der Waals surface area contributed by atoms with Crippen molar-refractivity contribution in [2.45, 2.75) is 37.6 Å². The van der Waals surface area contributed by atoms with E-state index in [0.29, 0.717) is 6.54 Å². The third-order valence-corrected chi connectivity index (χ3v) is 5.75. The summed E-state index contributed by atoms with van der Waals surface area (Å²) in [5, 5.41) is 3.71. The van der Waals surface area contributed by atoms with Gasteiger partial charge in [-0.25, -0.2) is 9.97 Å². The number of fused-ring (bicyclic) bond motifs is 1. The van der Waals surface area contributed by atoms with Gasteiger partial charge in [0.25, 0.3) is 0 Å². The summed E-state index contributed by atoms with van der Waals surface area (Å²) < 4.78 is 5.87. The number of aromatic nitrogens is 3. The van der Waals surface area contributed by atoms with Crippen LogP contribution < -0.4 is 10.2 Å². The molecule has 0 saturated carbocycles. The number of amides is 1. The molecule has 1 aliphatic heterocycles. The van der Waals surface area contributed by atoms with Gasteiger partial charge in [-0.05, 0) is 37.6 Å². The van der Waals surface area contributed by atoms with Crippen molar-refractivity contribution in [2.75, 3.05) is 23.7 Å². The van der Waals surface area contributed by atoms with Gasteiger partial charge in [0.1, 0.15) is 5.03 Å². The summed E-state index contributed by atoms with van der Waals surface area (Å²) in [5.41, 5.74) is 2.65. The maximum atomic E-state index is 12.4. The summed E-state index contributed by atoms with van der Waals surface area (Å²) in [7, 11) is 0. The summed E-state index contributed by atoms with van der Waals surface area (Å²) in [6.45, 7) is 6.09. The standard InChI is InChI=1S/C22H25N5O2S/c1-15-12-27(13-16(2)29-15)21-22(26-19-8-4-3-7-18(19)25-21)30-14-20(28)24-11-17-6-5-9-23-10-17/h3-10,15-16H,11-14H2,1-2H3,(H,24,28)/t15-,16-/m0/s1. The second kappa shape index (κ2) is 9.40. The van der Waals surface area contributed by atoms with E-state index in [1.54, 1.807) is 12.4 Å². The molecule has 7 nitrogen and oxygen atoms in total. The van der Waals surface area contributed by atoms with Gasteiger partial charge in [-0.2, -0.15) is 0 Å². The molecule has 2 atom stereocenters. The van der Waals surface area contributed by atoms with Gasteiger partial charge in [0.2, 0.25) is 5.91 Å². The zero-order chi connectivity index (χ0) is 20.9. The molecule has 0 bridgehead atoms. The largest absolute Gasteiger partial charge is 0.372 e. The minimum absolute atomic E-state index is 0.0477. The van der Waals surface area contributed by atoms with Crippen LogP contribution in [0.3, 0.4) is 0 Å². The van der Waals surface area contributed by atoms with Crippen molar-refractivity contribution in [3.8, 4) is 0 Å². The molecule has 0 unspecified atom stereocenters. The Morgan fingerprint density at radius 2 is 1.87 bits per heavy atom. The number of carbonyl (C=O) groups excluding carboxylic acids is 1. The summed E-state index contributed by atoms with van der Waals surface area (Å²) in [4.78, 5) is 28.4. The van der Waals surface area contributed by atoms with Crippen LogP contribution in [-0.2, 0) is 16.1 Å². The molecule has 0 radical (unpaired) electrons. The summed E-state index contributed by atoms with van der Waals surface area (Å²) in [5.74, 6) is 1.05. The van der Waals surface area contributed by atoms with E-state index in [9.17, 15) is 4.79 Å². The second-order valence-electron chi connectivity index (χ2n) is 7.43. The predicted octanol–water partition coefficient (Wildman–Crippen LogP) is 3.05. The van der Waals surface area contributed by atoms with Gasteiger partial charge >= 0.3 is 0 Å². The molecule has 1 aromatic carbocycles. The highest BCUT2D eigenvalue weighted by Crippen LogP contribution is 2.30. The molecule has 3 heterocycles. The van der Waals surface area contributed by atoms with E-state index in [-0.39, 0.29) is 23.9 Å². The number of anilines is 1. The Balaban J connectivity index is 1.50. The maximum absolute atomic E-state index is 12.4. The molecular weight excluding hydrogens is 398 g/mol. The number of rotatable bonds is 6. The number of nitrogens with zero attached hydrogens (tertiary/aromatic N) is 4. The normalized spacial score (nSPS) is 19.1. The van der Waals surface area contributed by atoms with Crippen LogP contribution in [0, 0.1) is 0 Å². The fraction of sp³-hybridized carbons (Fsp3) is 0.364. The van der Waals surface area contributed by atoms with E-state index in [1.807, 2.05) is 36.4 Å². The monoisotopic (exact) mass is 423 g/mol. The molecule has 2 aromatic heterocycles. The van der Waals surface area contributed by atoms with Crippen LogP contribution in [0.25, 0.3) is 11.0 Å². The fourth-order valence-electron chi connectivity index (χ4n) is 3.52. The van der Waals surface area contributed by atoms with E-state index in [2.05, 4.69) is 29.0 Å². The molecule has 3 aromatic rings. The molecule has 1 fully saturated rings. The minimum Gasteiger partial charge on any atom is -0.372 e. The lowest BCUT2D eigenvalue weighted by atomic mass is 10.2. The SMILES string of the molecule is C[C@H]1CN(c2nc3ccccc3nc2SCC(=O)NCc2cccnc2)C[C@H](C)O1. The number of hydrogen-bond donors (Lipinski definition) is 1. The Bertz CT molecular complexity index is 1010. The van der Waals surface area contributed by atoms with E-state index < -0.39 is 0 Å². The minimum atomic E-state index is -0.0477. The van der Waals surface area contributed by atoms with Gasteiger partial charge in [0, 0.05) is 32.0 Å². The Morgan fingerprint density at radius 1 is 1.13 bits per heavy atom. The number of ether oxygens (including phenoxy) is 1. The molecule has 8 heteroatoms. The van der Waals surface area contributed by atoms with E-state index in [0.717, 1.165) is 40.5 Å². The van der Waals surface area contributed by atoms with Gasteiger partial charge in [-0.15, -0.1) is 0 Å². The number of hydrogen-bond acceptors (Lipinski definition) is 7. The van der Waals surface area contributed by atoms with Crippen LogP contribution >= 0.6 is 11.8 Å². The first-order valence-electron chi connectivity index (χ1n) is 10.0. The van der Waals surface area contributed by atoms with Gasteiger partial charge < -0.3 is 15.0 Å². The molecular formula is C22H25N5O2S. The van der Waals surface area contributed by atoms with Gasteiger partial charge in [0.15, 0.2) is 5.82 Å². The molecule has 156 valence electrons. The first-order chi connectivity index (χ1) is 14.6. The average molecular weight is 424 g/mol. The fourth-order valence-corrected chi connectivity index (χ4v) is 4.35. The molecule has 30 heavy (non-hydrogen) atoms. The van der Waals surface area contributed by atoms with Crippen molar-refractivity contribution in [3.63, 3.8) is 0 Å². The molecule has 0 aliphatic carbocycles. The van der Waals surface area contributed by atoms with E-state index >= 15 is 0 Å². The Hall–Kier alpha value is -2.71. The van der Waals surface area contributed by atoms with Crippen LogP contribution in [0.5, 0.6) is 0 Å². The number of pyridine rings is 1. The van der Waals surface area contributed by atoms with Crippen LogP contribution in [0.1, 0.15) is 19.4 Å².